The van der Waals surface area contributed by atoms with Crippen molar-refractivity contribution in [3.8, 4) is 6.07 Å². The largest absolute Gasteiger partial charge is 0.478 e. The van der Waals surface area contributed by atoms with Gasteiger partial charge in [0.25, 0.3) is 0 Å². The molecule has 0 saturated carbocycles. The van der Waals surface area contributed by atoms with E-state index in [9.17, 15) is 9.59 Å². The summed E-state index contributed by atoms with van der Waals surface area (Å²) in [6.07, 6.45) is 4.24. The summed E-state index contributed by atoms with van der Waals surface area (Å²) in [7, 11) is 0. The van der Waals surface area contributed by atoms with Gasteiger partial charge in [-0.05, 0) is 6.92 Å². The molecule has 13 heavy (non-hydrogen) atoms. The quantitative estimate of drug-likeness (QED) is 0.487. The van der Waals surface area contributed by atoms with Crippen LogP contribution in [0.3, 0.4) is 0 Å². The molecule has 0 atom stereocenters. The van der Waals surface area contributed by atoms with Crippen LogP contribution in [0.25, 0.3) is 0 Å². The molecule has 5 nitrogen and oxygen atoms in total. The lowest BCUT2D eigenvalue weighted by Crippen LogP contribution is -1.91. The Hall–Kier alpha value is -2.09. The number of hydrogen-bond donors (Lipinski definition) is 2. The average molecular weight is 183 g/mol. The lowest BCUT2D eigenvalue weighted by Gasteiger charge is -1.74. The number of carboxylic acid groups (broad SMARTS) is 2. The van der Waals surface area contributed by atoms with Crippen molar-refractivity contribution in [1.29, 1.82) is 5.26 Å². The summed E-state index contributed by atoms with van der Waals surface area (Å²) in [5.41, 5.74) is 0. The molecule has 0 rings (SSSR count). The first-order valence-corrected chi connectivity index (χ1v) is 3.19. The maximum absolute atomic E-state index is 9.55. The summed E-state index contributed by atoms with van der Waals surface area (Å²) >= 11 is 0. The van der Waals surface area contributed by atoms with E-state index in [-0.39, 0.29) is 0 Å². The molecule has 0 fully saturated rings. The topological polar surface area (TPSA) is 98.4 Å². The minimum Gasteiger partial charge on any atom is -0.478 e. The molecule has 70 valence electrons. The SMILES string of the molecule is CC=CC#N.O=C(O)/C=C\C(=O)O. The number of aliphatic carboxylic acids is 2. The molecule has 0 bridgehead atoms. The highest BCUT2D eigenvalue weighted by molar-refractivity contribution is 5.89. The van der Waals surface area contributed by atoms with Crippen LogP contribution in [-0.2, 0) is 9.59 Å². The van der Waals surface area contributed by atoms with Crippen LogP contribution in [-0.4, -0.2) is 22.2 Å². The molecular weight excluding hydrogens is 174 g/mol. The Balaban J connectivity index is 0. The number of carbonyl (C=O) groups is 2. The molecule has 0 unspecified atom stereocenters. The van der Waals surface area contributed by atoms with Crippen molar-refractivity contribution < 1.29 is 19.8 Å². The number of rotatable bonds is 2. The molecule has 0 aromatic rings. The van der Waals surface area contributed by atoms with Gasteiger partial charge < -0.3 is 10.2 Å². The zero-order valence-electron chi connectivity index (χ0n) is 6.97. The minimum atomic E-state index is -1.26. The summed E-state index contributed by atoms with van der Waals surface area (Å²) in [4.78, 5) is 19.1. The predicted octanol–water partition coefficient (Wildman–Crippen LogP) is 0.798. The molecule has 0 aliphatic carbocycles. The third-order valence-corrected chi connectivity index (χ3v) is 0.610. The highest BCUT2D eigenvalue weighted by atomic mass is 16.4. The Morgan fingerprint density at radius 2 is 1.62 bits per heavy atom. The van der Waals surface area contributed by atoms with E-state index < -0.39 is 11.9 Å². The summed E-state index contributed by atoms with van der Waals surface area (Å²) < 4.78 is 0. The predicted molar refractivity (Wildman–Crippen MR) is 44.8 cm³/mol. The summed E-state index contributed by atoms with van der Waals surface area (Å²) in [6, 6.07) is 1.84. The van der Waals surface area contributed by atoms with Crippen LogP contribution in [0.2, 0.25) is 0 Å². The molecule has 0 radical (unpaired) electrons. The third-order valence-electron chi connectivity index (χ3n) is 0.610. The van der Waals surface area contributed by atoms with Gasteiger partial charge in [-0.25, -0.2) is 9.59 Å². The number of carboxylic acids is 2. The lowest BCUT2D eigenvalue weighted by atomic mass is 10.5. The maximum atomic E-state index is 9.55. The second kappa shape index (κ2) is 9.91. The van der Waals surface area contributed by atoms with E-state index >= 15 is 0 Å². The molecule has 0 amide bonds. The van der Waals surface area contributed by atoms with E-state index in [1.165, 1.54) is 6.08 Å². The lowest BCUT2D eigenvalue weighted by molar-refractivity contribution is -0.134. The smallest absolute Gasteiger partial charge is 0.328 e. The number of allylic oxidation sites excluding steroid dienone is 2. The van der Waals surface area contributed by atoms with Crippen LogP contribution in [0.4, 0.5) is 0 Å². The van der Waals surface area contributed by atoms with Gasteiger partial charge in [0.1, 0.15) is 0 Å². The number of nitrogens with zero attached hydrogens (tertiary/aromatic N) is 1. The molecule has 0 aliphatic rings. The Bertz CT molecular complexity index is 244. The van der Waals surface area contributed by atoms with Crippen molar-refractivity contribution in [2.45, 2.75) is 6.92 Å². The summed E-state index contributed by atoms with van der Waals surface area (Å²) in [5.74, 6) is -2.51. The fourth-order valence-electron chi connectivity index (χ4n) is 0.217. The Morgan fingerprint density at radius 1 is 1.23 bits per heavy atom. The van der Waals surface area contributed by atoms with E-state index in [1.807, 2.05) is 13.0 Å². The Kier molecular flexibility index (Phi) is 10.3. The van der Waals surface area contributed by atoms with Gasteiger partial charge >= 0.3 is 11.9 Å². The molecule has 0 aromatic carbocycles. The van der Waals surface area contributed by atoms with E-state index in [1.54, 1.807) is 6.08 Å². The van der Waals surface area contributed by atoms with Crippen molar-refractivity contribution in [1.82, 2.24) is 0 Å². The first-order chi connectivity index (χ1) is 6.04. The summed E-state index contributed by atoms with van der Waals surface area (Å²) in [5, 5.41) is 23.4. The zero-order valence-corrected chi connectivity index (χ0v) is 6.97. The first kappa shape index (κ1) is 13.5. The molecule has 5 heteroatoms. The van der Waals surface area contributed by atoms with Crippen LogP contribution in [0, 0.1) is 11.3 Å². The molecule has 2 N–H and O–H groups in total. The molecule has 0 heterocycles. The van der Waals surface area contributed by atoms with E-state index in [2.05, 4.69) is 0 Å². The van der Waals surface area contributed by atoms with Gasteiger partial charge in [-0.15, -0.1) is 0 Å². The van der Waals surface area contributed by atoms with Gasteiger partial charge in [0.05, 0.1) is 6.07 Å². The molecule has 0 aliphatic heterocycles. The maximum Gasteiger partial charge on any atom is 0.328 e. The van der Waals surface area contributed by atoms with Gasteiger partial charge in [0.15, 0.2) is 0 Å². The Morgan fingerprint density at radius 3 is 1.69 bits per heavy atom. The van der Waals surface area contributed by atoms with Gasteiger partial charge in [-0.1, -0.05) is 6.08 Å². The van der Waals surface area contributed by atoms with Crippen molar-refractivity contribution >= 4 is 11.9 Å². The first-order valence-electron chi connectivity index (χ1n) is 3.19. The Labute approximate surface area is 75.2 Å². The van der Waals surface area contributed by atoms with Crippen LogP contribution in [0.1, 0.15) is 6.92 Å². The van der Waals surface area contributed by atoms with Crippen molar-refractivity contribution in [2.24, 2.45) is 0 Å². The van der Waals surface area contributed by atoms with Gasteiger partial charge in [-0.3, -0.25) is 0 Å². The zero-order chi connectivity index (χ0) is 10.7. The average Bonchev–Trinajstić information content (AvgIpc) is 2.03. The third kappa shape index (κ3) is 25.7. The van der Waals surface area contributed by atoms with E-state index in [4.69, 9.17) is 15.5 Å². The molecular formula is C8H9NO4. The minimum absolute atomic E-state index is 0.558. The normalized spacial score (nSPS) is 8.92. The van der Waals surface area contributed by atoms with Crippen molar-refractivity contribution in [3.05, 3.63) is 24.3 Å². The van der Waals surface area contributed by atoms with Crippen molar-refractivity contribution in [3.63, 3.8) is 0 Å². The molecule has 0 saturated heterocycles. The van der Waals surface area contributed by atoms with Crippen LogP contribution in [0.15, 0.2) is 24.3 Å². The molecule has 0 spiro atoms. The fraction of sp³-hybridized carbons (Fsp3) is 0.125. The standard InChI is InChI=1S/C4H5N.C4H4O4/c1-2-3-4-5;5-3(6)1-2-4(7)8/h2-3H,1H3;1-2H,(H,5,6)(H,7,8)/b;2-1-. The monoisotopic (exact) mass is 183 g/mol. The highest BCUT2D eigenvalue weighted by Crippen LogP contribution is 1.70. The molecule has 0 aromatic heterocycles. The van der Waals surface area contributed by atoms with Crippen LogP contribution in [0.5, 0.6) is 0 Å². The summed E-state index contributed by atoms with van der Waals surface area (Å²) in [6.45, 7) is 1.81. The van der Waals surface area contributed by atoms with E-state index in [0.717, 1.165) is 0 Å². The van der Waals surface area contributed by atoms with Gasteiger partial charge in [0.2, 0.25) is 0 Å². The number of hydrogen-bond acceptors (Lipinski definition) is 3. The van der Waals surface area contributed by atoms with Crippen molar-refractivity contribution in [2.75, 3.05) is 0 Å². The second-order valence-electron chi connectivity index (χ2n) is 1.64. The fourth-order valence-corrected chi connectivity index (χ4v) is 0.217. The van der Waals surface area contributed by atoms with Gasteiger partial charge in [-0.2, -0.15) is 5.26 Å². The highest BCUT2D eigenvalue weighted by Gasteiger charge is 1.88. The van der Waals surface area contributed by atoms with Gasteiger partial charge in [0, 0.05) is 18.2 Å². The number of nitriles is 1. The second-order valence-corrected chi connectivity index (χ2v) is 1.64. The van der Waals surface area contributed by atoms with Crippen LogP contribution >= 0.6 is 0 Å². The van der Waals surface area contributed by atoms with Crippen LogP contribution < -0.4 is 0 Å². The van der Waals surface area contributed by atoms with E-state index in [0.29, 0.717) is 12.2 Å².